The van der Waals surface area contributed by atoms with Crippen molar-refractivity contribution in [2.75, 3.05) is 13.2 Å². The number of carboxylic acids is 4. The Labute approximate surface area is 283 Å². The normalized spacial score (nSPS) is 17.9. The number of aromatic nitrogens is 1. The Balaban J connectivity index is 0.000000338. The number of hydrogen-bond donors (Lipinski definition) is 5. The summed E-state index contributed by atoms with van der Waals surface area (Å²) < 4.78 is 20.1. The zero-order chi connectivity index (χ0) is 35.7. The van der Waals surface area contributed by atoms with E-state index < -0.39 is 23.9 Å². The van der Waals surface area contributed by atoms with Crippen molar-refractivity contribution in [2.45, 2.75) is 62.5 Å². The van der Waals surface area contributed by atoms with Crippen molar-refractivity contribution in [3.05, 3.63) is 114 Å². The van der Waals surface area contributed by atoms with E-state index in [-0.39, 0.29) is 16.8 Å². The van der Waals surface area contributed by atoms with Crippen molar-refractivity contribution in [2.24, 2.45) is 0 Å². The number of hydrogen-bond acceptors (Lipinski definition) is 7. The topological polar surface area (TPSA) is 183 Å². The van der Waals surface area contributed by atoms with E-state index in [0.29, 0.717) is 24.3 Å². The molecule has 260 valence electrons. The Morgan fingerprint density at radius 1 is 0.776 bits per heavy atom. The molecule has 1 aromatic heterocycles. The fraction of sp³-hybridized carbons (Fsp3) is 0.324. The second-order valence-corrected chi connectivity index (χ2v) is 11.8. The Kier molecular flexibility index (Phi) is 14.8. The standard InChI is InChI=1S/C29H33FN2O.2C4H4O4/c30-26-9-7-25(8-10-26)28(16-20-33-29(22-28)13-3-4-14-29)15-19-32-21-24-5-1-2-6-27(24)23-11-17-31-18-12-23;2*5-3(6)1-2-4(7)8/h1-2,5-12,17-18,32H,3-4,13-16,19-22H2;2*1-2H,(H,5,6)(H,7,8)/b;2*2-1+/t28-;;/m1../s1. The van der Waals surface area contributed by atoms with Gasteiger partial charge in [-0.3, -0.25) is 4.98 Å². The minimum Gasteiger partial charge on any atom is -0.478 e. The van der Waals surface area contributed by atoms with E-state index in [1.165, 1.54) is 35.1 Å². The van der Waals surface area contributed by atoms with Gasteiger partial charge in [0.1, 0.15) is 5.82 Å². The highest BCUT2D eigenvalue weighted by Gasteiger charge is 2.47. The third-order valence-electron chi connectivity index (χ3n) is 8.46. The van der Waals surface area contributed by atoms with Crippen LogP contribution in [-0.2, 0) is 35.9 Å². The summed E-state index contributed by atoms with van der Waals surface area (Å²) in [6.07, 6.45) is 13.8. The van der Waals surface area contributed by atoms with Crippen LogP contribution >= 0.6 is 0 Å². The predicted octanol–water partition coefficient (Wildman–Crippen LogP) is 5.85. The van der Waals surface area contributed by atoms with Gasteiger partial charge >= 0.3 is 23.9 Å². The molecule has 1 atom stereocenters. The lowest BCUT2D eigenvalue weighted by atomic mass is 9.66. The van der Waals surface area contributed by atoms with Crippen LogP contribution in [0.25, 0.3) is 11.1 Å². The maximum Gasteiger partial charge on any atom is 0.328 e. The van der Waals surface area contributed by atoms with Crippen LogP contribution in [0, 0.1) is 5.82 Å². The maximum absolute atomic E-state index is 13.7. The van der Waals surface area contributed by atoms with Crippen LogP contribution in [0.1, 0.15) is 56.1 Å². The van der Waals surface area contributed by atoms with Gasteiger partial charge in [0.05, 0.1) is 5.60 Å². The van der Waals surface area contributed by atoms with Crippen LogP contribution in [-0.4, -0.2) is 68.0 Å². The quantitative estimate of drug-likeness (QED) is 0.121. The summed E-state index contributed by atoms with van der Waals surface area (Å²) >= 11 is 0. The van der Waals surface area contributed by atoms with Crippen molar-refractivity contribution < 1.29 is 48.7 Å². The summed E-state index contributed by atoms with van der Waals surface area (Å²) in [5.74, 6) is -5.19. The monoisotopic (exact) mass is 676 g/mol. The molecule has 0 unspecified atom stereocenters. The van der Waals surface area contributed by atoms with E-state index in [2.05, 4.69) is 46.7 Å². The molecule has 11 nitrogen and oxygen atoms in total. The molecule has 5 rings (SSSR count). The number of pyridine rings is 1. The average molecular weight is 677 g/mol. The molecular weight excluding hydrogens is 635 g/mol. The van der Waals surface area contributed by atoms with Crippen LogP contribution in [0.5, 0.6) is 0 Å². The van der Waals surface area contributed by atoms with Crippen LogP contribution in [0.2, 0.25) is 0 Å². The molecule has 1 saturated carbocycles. The van der Waals surface area contributed by atoms with Gasteiger partial charge in [0.25, 0.3) is 0 Å². The second-order valence-electron chi connectivity index (χ2n) is 11.8. The van der Waals surface area contributed by atoms with Crippen molar-refractivity contribution in [3.8, 4) is 11.1 Å². The number of halogens is 1. The molecule has 49 heavy (non-hydrogen) atoms. The Morgan fingerprint density at radius 2 is 1.33 bits per heavy atom. The predicted molar refractivity (Wildman–Crippen MR) is 179 cm³/mol. The first kappa shape index (κ1) is 38.2. The first-order chi connectivity index (χ1) is 23.4. The summed E-state index contributed by atoms with van der Waals surface area (Å²) in [7, 11) is 0. The van der Waals surface area contributed by atoms with Gasteiger partial charge in [0, 0.05) is 55.3 Å². The van der Waals surface area contributed by atoms with Crippen LogP contribution in [0.4, 0.5) is 4.39 Å². The molecule has 0 bridgehead atoms. The maximum atomic E-state index is 13.7. The molecule has 3 aromatic rings. The largest absolute Gasteiger partial charge is 0.478 e. The molecule has 0 radical (unpaired) electrons. The molecule has 2 aliphatic rings. The Hall–Kier alpha value is -5.20. The summed E-state index contributed by atoms with van der Waals surface area (Å²) in [5, 5.41) is 35.0. The van der Waals surface area contributed by atoms with E-state index in [0.717, 1.165) is 51.8 Å². The molecule has 1 aliphatic heterocycles. The minimum atomic E-state index is -1.26. The number of rotatable bonds is 11. The molecule has 1 spiro atoms. The molecule has 1 saturated heterocycles. The number of nitrogens with zero attached hydrogens (tertiary/aromatic N) is 1. The third kappa shape index (κ3) is 12.7. The molecule has 1 aliphatic carbocycles. The first-order valence-electron chi connectivity index (χ1n) is 15.8. The van der Waals surface area contributed by atoms with Crippen LogP contribution in [0.15, 0.2) is 97.4 Å². The van der Waals surface area contributed by atoms with Gasteiger partial charge in [0.15, 0.2) is 0 Å². The van der Waals surface area contributed by atoms with Gasteiger partial charge < -0.3 is 30.5 Å². The fourth-order valence-corrected chi connectivity index (χ4v) is 6.29. The van der Waals surface area contributed by atoms with E-state index >= 15 is 0 Å². The highest BCUT2D eigenvalue weighted by molar-refractivity contribution is 5.90. The lowest BCUT2D eigenvalue weighted by molar-refractivity contribution is -0.134. The summed E-state index contributed by atoms with van der Waals surface area (Å²) in [5.41, 5.74) is 5.04. The van der Waals surface area contributed by atoms with Crippen molar-refractivity contribution in [3.63, 3.8) is 0 Å². The lowest BCUT2D eigenvalue weighted by Crippen LogP contribution is -2.47. The van der Waals surface area contributed by atoms with E-state index in [1.54, 1.807) is 12.1 Å². The first-order valence-corrected chi connectivity index (χ1v) is 15.8. The Morgan fingerprint density at radius 3 is 1.88 bits per heavy atom. The van der Waals surface area contributed by atoms with Crippen molar-refractivity contribution in [1.82, 2.24) is 10.3 Å². The summed E-state index contributed by atoms with van der Waals surface area (Å²) in [4.78, 5) is 42.4. The van der Waals surface area contributed by atoms with Gasteiger partial charge in [-0.15, -0.1) is 0 Å². The molecule has 2 fully saturated rings. The van der Waals surface area contributed by atoms with Gasteiger partial charge in [-0.05, 0) is 85.2 Å². The van der Waals surface area contributed by atoms with Crippen LogP contribution < -0.4 is 5.32 Å². The number of ether oxygens (including phenoxy) is 1. The second kappa shape index (κ2) is 19.0. The van der Waals surface area contributed by atoms with E-state index in [4.69, 9.17) is 25.2 Å². The zero-order valence-electron chi connectivity index (χ0n) is 27.0. The molecule has 0 amide bonds. The van der Waals surface area contributed by atoms with Crippen molar-refractivity contribution >= 4 is 23.9 Å². The van der Waals surface area contributed by atoms with Gasteiger partial charge in [-0.1, -0.05) is 49.2 Å². The number of aliphatic carboxylic acids is 4. The highest BCUT2D eigenvalue weighted by Crippen LogP contribution is 2.50. The van der Waals surface area contributed by atoms with Gasteiger partial charge in [0.2, 0.25) is 0 Å². The molecule has 2 aromatic carbocycles. The fourth-order valence-electron chi connectivity index (χ4n) is 6.29. The SMILES string of the molecule is Fc1ccc([C@]2(CCNCc3ccccc3-c3ccncc3)CCOC3(CCCC3)C2)cc1.O=C(O)/C=C/C(=O)O.O=C(O)/C=C/C(=O)O. The molecular formula is C37H41FN2O9. The van der Waals surface area contributed by atoms with E-state index in [1.807, 2.05) is 24.5 Å². The van der Waals surface area contributed by atoms with Crippen molar-refractivity contribution in [1.29, 1.82) is 0 Å². The molecule has 5 N–H and O–H groups in total. The zero-order valence-corrected chi connectivity index (χ0v) is 27.0. The van der Waals surface area contributed by atoms with Crippen LogP contribution in [0.3, 0.4) is 0 Å². The number of benzene rings is 2. The average Bonchev–Trinajstić information content (AvgIpc) is 3.53. The number of carboxylic acid groups (broad SMARTS) is 4. The molecule has 2 heterocycles. The summed E-state index contributed by atoms with van der Waals surface area (Å²) in [6, 6.07) is 19.9. The number of nitrogens with one attached hydrogen (secondary N) is 1. The highest BCUT2D eigenvalue weighted by atomic mass is 19.1. The smallest absolute Gasteiger partial charge is 0.328 e. The van der Waals surface area contributed by atoms with E-state index in [9.17, 15) is 23.6 Å². The molecule has 12 heteroatoms. The summed E-state index contributed by atoms with van der Waals surface area (Å²) in [6.45, 7) is 2.53. The minimum absolute atomic E-state index is 0.0145. The van der Waals surface area contributed by atoms with Gasteiger partial charge in [-0.2, -0.15) is 0 Å². The number of carbonyl (C=O) groups is 4. The van der Waals surface area contributed by atoms with Gasteiger partial charge in [-0.25, -0.2) is 23.6 Å². The Bertz CT molecular complexity index is 1540. The third-order valence-corrected chi connectivity index (χ3v) is 8.46. The lowest BCUT2D eigenvalue weighted by Gasteiger charge is -2.47.